The van der Waals surface area contributed by atoms with Gasteiger partial charge in [-0.2, -0.15) is 0 Å². The molecular weight excluding hydrogens is 338 g/mol. The van der Waals surface area contributed by atoms with Crippen LogP contribution in [0.4, 0.5) is 4.79 Å². The van der Waals surface area contributed by atoms with Crippen molar-refractivity contribution >= 4 is 11.9 Å². The molecule has 3 rings (SSSR count). The van der Waals surface area contributed by atoms with Crippen LogP contribution in [0.5, 0.6) is 0 Å². The fourth-order valence-corrected chi connectivity index (χ4v) is 4.27. The molecule has 1 atom stereocenters. The van der Waals surface area contributed by atoms with Gasteiger partial charge in [-0.1, -0.05) is 42.0 Å². The third-order valence-electron chi connectivity index (χ3n) is 5.80. The summed E-state index contributed by atoms with van der Waals surface area (Å²) in [5, 5.41) is 6.49. The minimum absolute atomic E-state index is 0.0371. The Morgan fingerprint density at radius 2 is 1.89 bits per heavy atom. The number of rotatable bonds is 7. The lowest BCUT2D eigenvalue weighted by Crippen LogP contribution is -2.55. The van der Waals surface area contributed by atoms with E-state index in [2.05, 4.69) is 22.8 Å². The van der Waals surface area contributed by atoms with Gasteiger partial charge in [-0.05, 0) is 70.5 Å². The van der Waals surface area contributed by atoms with Gasteiger partial charge < -0.3 is 10.6 Å². The van der Waals surface area contributed by atoms with Crippen molar-refractivity contribution in [3.63, 3.8) is 0 Å². The maximum atomic E-state index is 13.4. The molecule has 2 aliphatic rings. The second-order valence-corrected chi connectivity index (χ2v) is 7.96. The molecule has 2 fully saturated rings. The minimum Gasteiger partial charge on any atom is -0.323 e. The first-order valence-electron chi connectivity index (χ1n) is 10.0. The first-order valence-corrected chi connectivity index (χ1v) is 10.0. The molecule has 1 unspecified atom stereocenters. The van der Waals surface area contributed by atoms with E-state index in [1.807, 2.05) is 38.1 Å². The Bertz CT molecular complexity index is 691. The number of imide groups is 1. The highest BCUT2D eigenvalue weighted by atomic mass is 16.2. The quantitative estimate of drug-likeness (QED) is 0.573. The number of allylic oxidation sites excluding steroid dienone is 1. The summed E-state index contributed by atoms with van der Waals surface area (Å²) in [6.45, 7) is 6.14. The van der Waals surface area contributed by atoms with Crippen molar-refractivity contribution in [3.8, 4) is 0 Å². The smallest absolute Gasteiger partial charge is 0.323 e. The molecule has 2 N–H and O–H groups in total. The maximum Gasteiger partial charge on any atom is 0.325 e. The van der Waals surface area contributed by atoms with E-state index in [4.69, 9.17) is 0 Å². The van der Waals surface area contributed by atoms with Crippen LogP contribution in [-0.4, -0.2) is 42.0 Å². The molecule has 2 aliphatic heterocycles. The van der Waals surface area contributed by atoms with Gasteiger partial charge in [0.1, 0.15) is 5.54 Å². The Kier molecular flexibility index (Phi) is 6.32. The normalized spacial score (nSPS) is 23.4. The molecule has 5 nitrogen and oxygen atoms in total. The van der Waals surface area contributed by atoms with E-state index < -0.39 is 5.54 Å². The van der Waals surface area contributed by atoms with Gasteiger partial charge in [0.15, 0.2) is 0 Å². The number of carbonyl (C=O) groups is 2. The van der Waals surface area contributed by atoms with E-state index >= 15 is 0 Å². The van der Waals surface area contributed by atoms with Crippen LogP contribution in [0, 0.1) is 5.92 Å². The molecule has 1 aromatic rings. The van der Waals surface area contributed by atoms with Crippen LogP contribution in [0.25, 0.3) is 0 Å². The van der Waals surface area contributed by atoms with Gasteiger partial charge in [0.25, 0.3) is 5.91 Å². The zero-order valence-corrected chi connectivity index (χ0v) is 16.5. The van der Waals surface area contributed by atoms with E-state index in [0.29, 0.717) is 13.0 Å². The lowest BCUT2D eigenvalue weighted by Gasteiger charge is -2.38. The fraction of sp³-hybridized carbons (Fsp3) is 0.545. The van der Waals surface area contributed by atoms with E-state index in [-0.39, 0.29) is 17.9 Å². The van der Waals surface area contributed by atoms with E-state index in [0.717, 1.165) is 44.3 Å². The predicted octanol–water partition coefficient (Wildman–Crippen LogP) is 3.27. The van der Waals surface area contributed by atoms with E-state index in [1.165, 1.54) is 10.5 Å². The monoisotopic (exact) mass is 369 g/mol. The Labute approximate surface area is 162 Å². The Hall–Kier alpha value is -2.14. The minimum atomic E-state index is -0.747. The number of carbonyl (C=O) groups excluding carboxylic acids is 2. The van der Waals surface area contributed by atoms with Gasteiger partial charge >= 0.3 is 6.03 Å². The van der Waals surface area contributed by atoms with Crippen molar-refractivity contribution in [2.45, 2.75) is 51.5 Å². The van der Waals surface area contributed by atoms with E-state index in [1.54, 1.807) is 0 Å². The van der Waals surface area contributed by atoms with Crippen molar-refractivity contribution in [2.75, 3.05) is 19.6 Å². The summed E-state index contributed by atoms with van der Waals surface area (Å²) < 4.78 is 0. The van der Waals surface area contributed by atoms with Crippen molar-refractivity contribution < 1.29 is 9.59 Å². The molecule has 3 amide bonds. The SMILES string of the molecule is CC(C)=CCN1C(=O)NC(CCCc2ccccc2)(C2CCNCC2)C1=O. The molecule has 146 valence electrons. The second-order valence-electron chi connectivity index (χ2n) is 7.96. The molecule has 0 spiro atoms. The average Bonchev–Trinajstić information content (AvgIpc) is 2.92. The molecule has 27 heavy (non-hydrogen) atoms. The number of hydrogen-bond donors (Lipinski definition) is 2. The lowest BCUT2D eigenvalue weighted by atomic mass is 9.74. The molecule has 0 saturated carbocycles. The molecule has 0 bridgehead atoms. The number of amides is 3. The van der Waals surface area contributed by atoms with Crippen molar-refractivity contribution in [1.29, 1.82) is 0 Å². The summed E-state index contributed by atoms with van der Waals surface area (Å²) in [5.74, 6) is 0.160. The van der Waals surface area contributed by atoms with Crippen LogP contribution in [0.1, 0.15) is 45.1 Å². The van der Waals surface area contributed by atoms with Crippen LogP contribution in [0.3, 0.4) is 0 Å². The molecule has 5 heteroatoms. The maximum absolute atomic E-state index is 13.4. The number of nitrogens with zero attached hydrogens (tertiary/aromatic N) is 1. The van der Waals surface area contributed by atoms with Crippen LogP contribution in [-0.2, 0) is 11.2 Å². The third-order valence-corrected chi connectivity index (χ3v) is 5.80. The van der Waals surface area contributed by atoms with E-state index in [9.17, 15) is 9.59 Å². The lowest BCUT2D eigenvalue weighted by molar-refractivity contribution is -0.133. The highest BCUT2D eigenvalue weighted by molar-refractivity contribution is 6.07. The molecule has 2 heterocycles. The number of urea groups is 1. The Morgan fingerprint density at radius 1 is 1.19 bits per heavy atom. The molecule has 0 radical (unpaired) electrons. The standard InChI is InChI=1S/C22H31N3O2/c1-17(2)12-16-25-20(26)22(24-21(25)27,19-10-14-23-15-11-19)13-6-9-18-7-4-3-5-8-18/h3-5,7-8,12,19,23H,6,9-11,13-16H2,1-2H3,(H,24,27). The van der Waals surface area contributed by atoms with Gasteiger partial charge in [0.05, 0.1) is 0 Å². The Morgan fingerprint density at radius 3 is 2.56 bits per heavy atom. The predicted molar refractivity (Wildman–Crippen MR) is 107 cm³/mol. The summed E-state index contributed by atoms with van der Waals surface area (Å²) in [6, 6.07) is 10.1. The first-order chi connectivity index (χ1) is 13.0. The highest BCUT2D eigenvalue weighted by Gasteiger charge is 2.54. The van der Waals surface area contributed by atoms with Crippen molar-refractivity contribution in [3.05, 3.63) is 47.5 Å². The number of nitrogens with one attached hydrogen (secondary N) is 2. The highest BCUT2D eigenvalue weighted by Crippen LogP contribution is 2.36. The molecule has 1 aromatic carbocycles. The molecular formula is C22H31N3O2. The summed E-state index contributed by atoms with van der Waals surface area (Å²) in [6.07, 6.45) is 6.30. The van der Waals surface area contributed by atoms with Crippen LogP contribution >= 0.6 is 0 Å². The first kappa shape index (κ1) is 19.6. The summed E-state index contributed by atoms with van der Waals surface area (Å²) in [7, 11) is 0. The molecule has 2 saturated heterocycles. The zero-order valence-electron chi connectivity index (χ0n) is 16.5. The van der Waals surface area contributed by atoms with Crippen molar-refractivity contribution in [1.82, 2.24) is 15.5 Å². The van der Waals surface area contributed by atoms with Gasteiger partial charge in [-0.3, -0.25) is 9.69 Å². The third kappa shape index (κ3) is 4.41. The summed E-state index contributed by atoms with van der Waals surface area (Å²) >= 11 is 0. The molecule has 0 aliphatic carbocycles. The van der Waals surface area contributed by atoms with Crippen LogP contribution in [0.15, 0.2) is 42.0 Å². The summed E-state index contributed by atoms with van der Waals surface area (Å²) in [5.41, 5.74) is 1.64. The summed E-state index contributed by atoms with van der Waals surface area (Å²) in [4.78, 5) is 27.4. The fourth-order valence-electron chi connectivity index (χ4n) is 4.27. The van der Waals surface area contributed by atoms with Gasteiger partial charge in [-0.15, -0.1) is 0 Å². The molecule has 0 aromatic heterocycles. The van der Waals surface area contributed by atoms with Gasteiger partial charge in [0.2, 0.25) is 0 Å². The van der Waals surface area contributed by atoms with Crippen LogP contribution < -0.4 is 10.6 Å². The Balaban J connectivity index is 1.77. The average molecular weight is 370 g/mol. The van der Waals surface area contributed by atoms with Crippen molar-refractivity contribution in [2.24, 2.45) is 5.92 Å². The topological polar surface area (TPSA) is 61.4 Å². The number of piperidine rings is 1. The second kappa shape index (κ2) is 8.70. The zero-order chi connectivity index (χ0) is 19.3. The van der Waals surface area contributed by atoms with Gasteiger partial charge in [-0.25, -0.2) is 4.79 Å². The largest absolute Gasteiger partial charge is 0.325 e. The van der Waals surface area contributed by atoms with Gasteiger partial charge in [0, 0.05) is 6.54 Å². The number of aryl methyl sites for hydroxylation is 1. The number of benzene rings is 1. The van der Waals surface area contributed by atoms with Crippen LogP contribution in [0.2, 0.25) is 0 Å². The number of hydrogen-bond acceptors (Lipinski definition) is 3.